The normalized spacial score (nSPS) is 18.8. The number of aromatic amines is 1. The summed E-state index contributed by atoms with van der Waals surface area (Å²) in [6.07, 6.45) is 1.97. The van der Waals surface area contributed by atoms with E-state index >= 15 is 0 Å². The van der Waals surface area contributed by atoms with Gasteiger partial charge < -0.3 is 10.5 Å². The van der Waals surface area contributed by atoms with Crippen molar-refractivity contribution in [2.24, 2.45) is 11.7 Å². The van der Waals surface area contributed by atoms with Gasteiger partial charge in [-0.05, 0) is 25.7 Å². The van der Waals surface area contributed by atoms with Gasteiger partial charge in [-0.1, -0.05) is 11.8 Å². The number of ether oxygens (including phenoxy) is 1. The van der Waals surface area contributed by atoms with Crippen LogP contribution in [0.25, 0.3) is 0 Å². The maximum atomic E-state index is 11.7. The molecule has 1 aromatic rings. The van der Waals surface area contributed by atoms with Gasteiger partial charge in [0.1, 0.15) is 11.4 Å². The van der Waals surface area contributed by atoms with Gasteiger partial charge >= 0.3 is 5.97 Å². The molecule has 1 heterocycles. The van der Waals surface area contributed by atoms with Crippen molar-refractivity contribution in [3.63, 3.8) is 0 Å². The van der Waals surface area contributed by atoms with Gasteiger partial charge in [0.05, 0.1) is 7.11 Å². The van der Waals surface area contributed by atoms with Crippen LogP contribution in [0.15, 0.2) is 5.16 Å². The zero-order valence-electron chi connectivity index (χ0n) is 9.90. The Morgan fingerprint density at radius 2 is 2.41 bits per heavy atom. The van der Waals surface area contributed by atoms with E-state index in [1.54, 1.807) is 0 Å². The molecule has 1 atom stereocenters. The van der Waals surface area contributed by atoms with E-state index in [2.05, 4.69) is 15.2 Å². The van der Waals surface area contributed by atoms with Gasteiger partial charge in [0.2, 0.25) is 5.16 Å². The second-order valence-electron chi connectivity index (χ2n) is 4.30. The molecular weight excluding hydrogens is 240 g/mol. The van der Waals surface area contributed by atoms with Crippen molar-refractivity contribution in [2.75, 3.05) is 12.9 Å². The van der Waals surface area contributed by atoms with Gasteiger partial charge in [0, 0.05) is 5.75 Å². The van der Waals surface area contributed by atoms with Gasteiger partial charge in [-0.25, -0.2) is 4.98 Å². The summed E-state index contributed by atoms with van der Waals surface area (Å²) in [6.45, 7) is 1.83. The fourth-order valence-electron chi connectivity index (χ4n) is 1.70. The van der Waals surface area contributed by atoms with Crippen LogP contribution in [0.5, 0.6) is 0 Å². The molecule has 94 valence electrons. The number of thioether (sulfide) groups is 1. The number of nitrogens with zero attached hydrogens (tertiary/aromatic N) is 2. The minimum absolute atomic E-state index is 0.225. The Balaban J connectivity index is 2.01. The number of H-pyrrole nitrogens is 1. The zero-order chi connectivity index (χ0) is 12.5. The summed E-state index contributed by atoms with van der Waals surface area (Å²) in [7, 11) is 1.37. The number of hydrogen-bond acceptors (Lipinski definition) is 6. The average molecular weight is 256 g/mol. The minimum Gasteiger partial charge on any atom is -0.468 e. The predicted molar refractivity (Wildman–Crippen MR) is 63.5 cm³/mol. The lowest BCUT2D eigenvalue weighted by atomic mass is 9.97. The summed E-state index contributed by atoms with van der Waals surface area (Å²) in [5.41, 5.74) is 5.24. The summed E-state index contributed by atoms with van der Waals surface area (Å²) < 4.78 is 4.78. The Morgan fingerprint density at radius 3 is 2.88 bits per heavy atom. The van der Waals surface area contributed by atoms with Crippen molar-refractivity contribution in [1.29, 1.82) is 0 Å². The van der Waals surface area contributed by atoms with Crippen LogP contribution < -0.4 is 5.73 Å². The molecule has 17 heavy (non-hydrogen) atoms. The highest BCUT2D eigenvalue weighted by atomic mass is 32.2. The Morgan fingerprint density at radius 1 is 1.71 bits per heavy atom. The number of aromatic nitrogens is 3. The first-order chi connectivity index (χ1) is 8.06. The molecule has 0 amide bonds. The van der Waals surface area contributed by atoms with Crippen LogP contribution >= 0.6 is 11.8 Å². The van der Waals surface area contributed by atoms with E-state index < -0.39 is 5.54 Å². The van der Waals surface area contributed by atoms with Crippen molar-refractivity contribution in [3.05, 3.63) is 5.82 Å². The number of rotatable bonds is 5. The molecule has 1 fully saturated rings. The summed E-state index contributed by atoms with van der Waals surface area (Å²) in [4.78, 5) is 15.9. The van der Waals surface area contributed by atoms with Crippen LogP contribution in [0.3, 0.4) is 0 Å². The Kier molecular flexibility index (Phi) is 3.39. The Hall–Kier alpha value is -1.08. The Labute approximate surface area is 104 Å². The molecule has 0 spiro atoms. The monoisotopic (exact) mass is 256 g/mol. The highest BCUT2D eigenvalue weighted by molar-refractivity contribution is 7.99. The highest BCUT2D eigenvalue weighted by Gasteiger charge is 2.49. The zero-order valence-corrected chi connectivity index (χ0v) is 10.7. The minimum atomic E-state index is -0.909. The fraction of sp³-hybridized carbons (Fsp3) is 0.700. The topological polar surface area (TPSA) is 93.9 Å². The van der Waals surface area contributed by atoms with E-state index in [1.165, 1.54) is 18.9 Å². The van der Waals surface area contributed by atoms with Gasteiger partial charge in [0.15, 0.2) is 0 Å². The molecule has 0 bridgehead atoms. The summed E-state index contributed by atoms with van der Waals surface area (Å²) in [6, 6.07) is 0. The van der Waals surface area contributed by atoms with Gasteiger partial charge in [0.25, 0.3) is 0 Å². The van der Waals surface area contributed by atoms with Gasteiger partial charge in [-0.3, -0.25) is 9.89 Å². The number of aryl methyl sites for hydroxylation is 1. The first-order valence-corrected chi connectivity index (χ1v) is 6.44. The number of carbonyl (C=O) groups excluding carboxylic acids is 1. The number of methoxy groups -OCH3 is 1. The highest BCUT2D eigenvalue weighted by Crippen LogP contribution is 2.41. The molecule has 1 saturated carbocycles. The second kappa shape index (κ2) is 4.66. The lowest BCUT2D eigenvalue weighted by molar-refractivity contribution is -0.146. The first kappa shape index (κ1) is 12.4. The number of carbonyl (C=O) groups is 1. The molecule has 2 rings (SSSR count). The summed E-state index contributed by atoms with van der Waals surface area (Å²) in [5, 5.41) is 7.37. The molecular formula is C10H16N4O2S. The fourth-order valence-corrected chi connectivity index (χ4v) is 2.74. The van der Waals surface area contributed by atoms with Crippen molar-refractivity contribution in [1.82, 2.24) is 15.2 Å². The number of esters is 1. The van der Waals surface area contributed by atoms with Crippen molar-refractivity contribution in [2.45, 2.75) is 30.5 Å². The molecule has 0 radical (unpaired) electrons. The molecule has 6 nitrogen and oxygen atoms in total. The predicted octanol–water partition coefficient (Wildman–Crippen LogP) is 0.486. The van der Waals surface area contributed by atoms with Crippen LogP contribution in [0, 0.1) is 12.8 Å². The molecule has 1 unspecified atom stereocenters. The molecule has 1 aliphatic carbocycles. The van der Waals surface area contributed by atoms with Crippen LogP contribution in [0.4, 0.5) is 0 Å². The van der Waals surface area contributed by atoms with Crippen molar-refractivity contribution in [3.8, 4) is 0 Å². The second-order valence-corrected chi connectivity index (χ2v) is 5.24. The molecule has 0 aliphatic heterocycles. The van der Waals surface area contributed by atoms with Crippen LogP contribution in [-0.4, -0.2) is 39.6 Å². The van der Waals surface area contributed by atoms with E-state index in [0.29, 0.717) is 10.9 Å². The van der Waals surface area contributed by atoms with Crippen molar-refractivity contribution >= 4 is 17.7 Å². The molecule has 1 aliphatic rings. The van der Waals surface area contributed by atoms with Gasteiger partial charge in [-0.15, -0.1) is 5.10 Å². The van der Waals surface area contributed by atoms with Crippen LogP contribution in [0.1, 0.15) is 18.7 Å². The average Bonchev–Trinajstić information content (AvgIpc) is 3.09. The quantitative estimate of drug-likeness (QED) is 0.588. The third-order valence-electron chi connectivity index (χ3n) is 2.89. The molecule has 3 N–H and O–H groups in total. The number of nitrogens with two attached hydrogens (primary N) is 1. The van der Waals surface area contributed by atoms with E-state index in [1.807, 2.05) is 6.92 Å². The lowest BCUT2D eigenvalue weighted by Gasteiger charge is -2.25. The van der Waals surface area contributed by atoms with E-state index in [4.69, 9.17) is 10.5 Å². The third-order valence-corrected chi connectivity index (χ3v) is 3.95. The van der Waals surface area contributed by atoms with E-state index in [0.717, 1.165) is 18.7 Å². The SMILES string of the molecule is COC(=O)C(N)(CSc1n[nH]c(C)n1)C1CC1. The molecule has 7 heteroatoms. The number of nitrogens with one attached hydrogen (secondary N) is 1. The smallest absolute Gasteiger partial charge is 0.327 e. The first-order valence-electron chi connectivity index (χ1n) is 5.45. The van der Waals surface area contributed by atoms with Gasteiger partial charge in [-0.2, -0.15) is 0 Å². The third kappa shape index (κ3) is 2.61. The lowest BCUT2D eigenvalue weighted by Crippen LogP contribution is -2.53. The van der Waals surface area contributed by atoms with Crippen LogP contribution in [-0.2, 0) is 9.53 Å². The maximum absolute atomic E-state index is 11.7. The largest absolute Gasteiger partial charge is 0.468 e. The van der Waals surface area contributed by atoms with Crippen molar-refractivity contribution < 1.29 is 9.53 Å². The summed E-state index contributed by atoms with van der Waals surface area (Å²) in [5.74, 6) is 1.07. The van der Waals surface area contributed by atoms with Crippen LogP contribution in [0.2, 0.25) is 0 Å². The molecule has 0 saturated heterocycles. The Bertz CT molecular complexity index is 418. The summed E-state index contributed by atoms with van der Waals surface area (Å²) >= 11 is 1.38. The standard InChI is InChI=1S/C10H16N4O2S/c1-6-12-9(14-13-6)17-5-10(11,7-3-4-7)8(15)16-2/h7H,3-5,11H2,1-2H3,(H,12,13,14). The maximum Gasteiger partial charge on any atom is 0.327 e. The van der Waals surface area contributed by atoms with E-state index in [9.17, 15) is 4.79 Å². The molecule has 0 aromatic carbocycles. The number of hydrogen-bond donors (Lipinski definition) is 2. The van der Waals surface area contributed by atoms with E-state index in [-0.39, 0.29) is 11.9 Å². The molecule has 1 aromatic heterocycles.